The van der Waals surface area contributed by atoms with Gasteiger partial charge >= 0.3 is 0 Å². The number of hydrogen-bond donors (Lipinski definition) is 1. The van der Waals surface area contributed by atoms with Crippen molar-refractivity contribution in [1.82, 2.24) is 19.7 Å². The van der Waals surface area contributed by atoms with Crippen LogP contribution in [0.3, 0.4) is 0 Å². The van der Waals surface area contributed by atoms with Crippen LogP contribution in [0.4, 0.5) is 5.69 Å². The molecule has 30 heavy (non-hydrogen) atoms. The van der Waals surface area contributed by atoms with Gasteiger partial charge in [0.2, 0.25) is 5.91 Å². The lowest BCUT2D eigenvalue weighted by Gasteiger charge is -2.10. The quantitative estimate of drug-likeness (QED) is 0.395. The number of pyridine rings is 1. The molecule has 0 radical (unpaired) electrons. The van der Waals surface area contributed by atoms with Crippen LogP contribution in [0.2, 0.25) is 10.0 Å². The Morgan fingerprint density at radius 3 is 2.57 bits per heavy atom. The second kappa shape index (κ2) is 9.30. The molecule has 2 aromatic carbocycles. The third-order valence-electron chi connectivity index (χ3n) is 4.08. The summed E-state index contributed by atoms with van der Waals surface area (Å²) in [6, 6.07) is 18.1. The van der Waals surface area contributed by atoms with E-state index in [9.17, 15) is 4.79 Å². The van der Waals surface area contributed by atoms with E-state index >= 15 is 0 Å². The molecule has 4 aromatic rings. The maximum Gasteiger partial charge on any atom is 0.234 e. The zero-order valence-electron chi connectivity index (χ0n) is 15.5. The number of aromatic nitrogens is 4. The molecule has 0 aliphatic carbocycles. The Morgan fingerprint density at radius 2 is 1.83 bits per heavy atom. The number of thioether (sulfide) groups is 1. The summed E-state index contributed by atoms with van der Waals surface area (Å²) in [5.74, 6) is 0.615. The Hall–Kier alpha value is -2.87. The maximum atomic E-state index is 12.4. The van der Waals surface area contributed by atoms with E-state index in [2.05, 4.69) is 20.5 Å². The largest absolute Gasteiger partial charge is 0.325 e. The van der Waals surface area contributed by atoms with Gasteiger partial charge in [0.15, 0.2) is 11.0 Å². The molecule has 9 heteroatoms. The molecular weight excluding hydrogens is 441 g/mol. The van der Waals surface area contributed by atoms with Gasteiger partial charge in [0.05, 0.1) is 5.75 Å². The van der Waals surface area contributed by atoms with Crippen LogP contribution in [0.15, 0.2) is 78.2 Å². The van der Waals surface area contributed by atoms with Crippen molar-refractivity contribution in [3.8, 4) is 17.1 Å². The first-order chi connectivity index (χ1) is 14.6. The summed E-state index contributed by atoms with van der Waals surface area (Å²) in [7, 11) is 0. The van der Waals surface area contributed by atoms with Gasteiger partial charge in [-0.25, -0.2) is 0 Å². The number of hydrogen-bond acceptors (Lipinski definition) is 5. The van der Waals surface area contributed by atoms with Crippen LogP contribution in [-0.4, -0.2) is 31.4 Å². The van der Waals surface area contributed by atoms with E-state index in [1.165, 1.54) is 11.8 Å². The molecule has 1 amide bonds. The normalized spacial score (nSPS) is 10.7. The minimum atomic E-state index is -0.171. The molecule has 4 rings (SSSR count). The standard InChI is InChI=1S/C21H15Cl2N5OS/c22-15-6-8-18(9-7-15)28-20(14-3-2-10-24-12-14)26-27-21(28)30-13-19(29)25-17-5-1-4-16(23)11-17/h1-12H,13H2,(H,25,29). The molecule has 0 unspecified atom stereocenters. The van der Waals surface area contributed by atoms with Gasteiger partial charge in [0, 0.05) is 39.4 Å². The molecule has 6 nitrogen and oxygen atoms in total. The molecule has 1 N–H and O–H groups in total. The van der Waals surface area contributed by atoms with E-state index in [4.69, 9.17) is 23.2 Å². The highest BCUT2D eigenvalue weighted by atomic mass is 35.5. The zero-order chi connectivity index (χ0) is 20.9. The van der Waals surface area contributed by atoms with Gasteiger partial charge in [-0.05, 0) is 54.6 Å². The third-order valence-corrected chi connectivity index (χ3v) is 5.49. The Morgan fingerprint density at radius 1 is 1.00 bits per heavy atom. The number of anilines is 1. The molecule has 0 fully saturated rings. The smallest absolute Gasteiger partial charge is 0.234 e. The lowest BCUT2D eigenvalue weighted by molar-refractivity contribution is -0.113. The molecule has 0 saturated heterocycles. The highest BCUT2D eigenvalue weighted by Gasteiger charge is 2.17. The molecule has 2 aromatic heterocycles. The Bertz CT molecular complexity index is 1170. The zero-order valence-corrected chi connectivity index (χ0v) is 17.8. The summed E-state index contributed by atoms with van der Waals surface area (Å²) in [6.07, 6.45) is 3.42. The van der Waals surface area contributed by atoms with Crippen molar-refractivity contribution >= 4 is 46.6 Å². The van der Waals surface area contributed by atoms with E-state index in [0.717, 1.165) is 11.3 Å². The van der Waals surface area contributed by atoms with Gasteiger partial charge in [-0.15, -0.1) is 10.2 Å². The Labute approximate surface area is 187 Å². The summed E-state index contributed by atoms with van der Waals surface area (Å²) in [6.45, 7) is 0. The first kappa shape index (κ1) is 20.4. The fraction of sp³-hybridized carbons (Fsp3) is 0.0476. The molecule has 0 aliphatic heterocycles. The number of benzene rings is 2. The second-order valence-corrected chi connectivity index (χ2v) is 8.02. The summed E-state index contributed by atoms with van der Waals surface area (Å²) in [5, 5.41) is 13.2. The van der Waals surface area contributed by atoms with Crippen LogP contribution in [0.1, 0.15) is 0 Å². The van der Waals surface area contributed by atoms with Crippen LogP contribution in [0, 0.1) is 0 Å². The van der Waals surface area contributed by atoms with Crippen molar-refractivity contribution in [3.05, 3.63) is 83.1 Å². The van der Waals surface area contributed by atoms with Crippen LogP contribution in [0.25, 0.3) is 17.1 Å². The van der Waals surface area contributed by atoms with Gasteiger partial charge in [0.25, 0.3) is 0 Å². The van der Waals surface area contributed by atoms with E-state index in [0.29, 0.717) is 26.7 Å². The number of halogens is 2. The van der Waals surface area contributed by atoms with Gasteiger partial charge in [0.1, 0.15) is 0 Å². The van der Waals surface area contributed by atoms with Gasteiger partial charge < -0.3 is 5.32 Å². The van der Waals surface area contributed by atoms with Crippen molar-refractivity contribution in [2.45, 2.75) is 5.16 Å². The number of amides is 1. The predicted octanol–water partition coefficient (Wildman–Crippen LogP) is 5.37. The fourth-order valence-corrected chi connectivity index (χ4v) is 3.83. The summed E-state index contributed by atoms with van der Waals surface area (Å²) in [5.41, 5.74) is 2.29. The van der Waals surface area contributed by atoms with E-state index in [1.807, 2.05) is 28.8 Å². The minimum absolute atomic E-state index is 0.158. The summed E-state index contributed by atoms with van der Waals surface area (Å²) in [4.78, 5) is 16.6. The highest BCUT2D eigenvalue weighted by Crippen LogP contribution is 2.28. The second-order valence-electron chi connectivity index (χ2n) is 6.21. The Balaban J connectivity index is 1.59. The number of carbonyl (C=O) groups is 1. The monoisotopic (exact) mass is 455 g/mol. The highest BCUT2D eigenvalue weighted by molar-refractivity contribution is 7.99. The van der Waals surface area contributed by atoms with Crippen molar-refractivity contribution in [2.75, 3.05) is 11.1 Å². The molecule has 0 saturated carbocycles. The van der Waals surface area contributed by atoms with Gasteiger partial charge in [-0.1, -0.05) is 41.0 Å². The van der Waals surface area contributed by atoms with Crippen molar-refractivity contribution in [3.63, 3.8) is 0 Å². The Kier molecular flexibility index (Phi) is 6.32. The van der Waals surface area contributed by atoms with E-state index in [-0.39, 0.29) is 11.7 Å². The predicted molar refractivity (Wildman–Crippen MR) is 120 cm³/mol. The first-order valence-electron chi connectivity index (χ1n) is 8.90. The van der Waals surface area contributed by atoms with E-state index < -0.39 is 0 Å². The molecule has 0 aliphatic rings. The topological polar surface area (TPSA) is 72.7 Å². The maximum absolute atomic E-state index is 12.4. The van der Waals surface area contributed by atoms with Gasteiger partial charge in [-0.2, -0.15) is 0 Å². The average molecular weight is 456 g/mol. The van der Waals surface area contributed by atoms with Crippen LogP contribution >= 0.6 is 35.0 Å². The average Bonchev–Trinajstić information content (AvgIpc) is 3.17. The molecule has 0 bridgehead atoms. The molecule has 0 atom stereocenters. The lowest BCUT2D eigenvalue weighted by atomic mass is 10.2. The number of rotatable bonds is 6. The van der Waals surface area contributed by atoms with Crippen molar-refractivity contribution in [1.29, 1.82) is 0 Å². The summed E-state index contributed by atoms with van der Waals surface area (Å²) < 4.78 is 1.88. The molecule has 0 spiro atoms. The molecule has 150 valence electrons. The van der Waals surface area contributed by atoms with Crippen LogP contribution in [0.5, 0.6) is 0 Å². The van der Waals surface area contributed by atoms with Crippen LogP contribution < -0.4 is 5.32 Å². The molecular formula is C21H15Cl2N5OS. The fourth-order valence-electron chi connectivity index (χ4n) is 2.76. The third kappa shape index (κ3) is 4.81. The van der Waals surface area contributed by atoms with Crippen molar-refractivity contribution < 1.29 is 4.79 Å². The van der Waals surface area contributed by atoms with Crippen LogP contribution in [-0.2, 0) is 4.79 Å². The SMILES string of the molecule is O=C(CSc1nnc(-c2cccnc2)n1-c1ccc(Cl)cc1)Nc1cccc(Cl)c1. The number of nitrogens with zero attached hydrogens (tertiary/aromatic N) is 4. The van der Waals surface area contributed by atoms with E-state index in [1.54, 1.807) is 48.8 Å². The van der Waals surface area contributed by atoms with Crippen molar-refractivity contribution in [2.24, 2.45) is 0 Å². The summed E-state index contributed by atoms with van der Waals surface area (Å²) >= 11 is 13.3. The molecule has 2 heterocycles. The first-order valence-corrected chi connectivity index (χ1v) is 10.6. The lowest BCUT2D eigenvalue weighted by Crippen LogP contribution is -2.14. The minimum Gasteiger partial charge on any atom is -0.325 e. The number of nitrogens with one attached hydrogen (secondary N) is 1. The number of carbonyl (C=O) groups excluding carboxylic acids is 1. The van der Waals surface area contributed by atoms with Gasteiger partial charge in [-0.3, -0.25) is 14.3 Å².